The standard InChI is InChI=1S/C35H28Cl2N4O4S2/c1-2-45-31-11-7-6-10-24(31)19-29(39-33(43)22-8-4-3-5-9-22)34(44)38-25-13-15-26(16-14-25)46-21-32(42)41-35-40-30(20-47-35)23-12-17-27(36)28(37)18-23/h3-20H,2,21H2,1H3,(H,38,44)(H,39,43)(H,40,41,42)/b29-19-. The fourth-order valence-corrected chi connectivity index (χ4v) is 5.97. The van der Waals surface area contributed by atoms with E-state index in [4.69, 9.17) is 27.9 Å². The number of nitrogens with zero attached hydrogens (tertiary/aromatic N) is 1. The summed E-state index contributed by atoms with van der Waals surface area (Å²) in [5.74, 6) is -0.399. The molecule has 12 heteroatoms. The lowest BCUT2D eigenvalue weighted by Gasteiger charge is -2.13. The van der Waals surface area contributed by atoms with Gasteiger partial charge in [0.25, 0.3) is 11.8 Å². The third-order valence-electron chi connectivity index (χ3n) is 6.50. The van der Waals surface area contributed by atoms with Crippen LogP contribution in [0.1, 0.15) is 22.8 Å². The Balaban J connectivity index is 1.21. The molecule has 0 saturated heterocycles. The van der Waals surface area contributed by atoms with Crippen LogP contribution in [0.2, 0.25) is 10.0 Å². The van der Waals surface area contributed by atoms with Gasteiger partial charge < -0.3 is 20.7 Å². The lowest BCUT2D eigenvalue weighted by molar-refractivity contribution is -0.114. The average molecular weight is 704 g/mol. The number of thioether (sulfide) groups is 1. The number of carbonyl (C=O) groups is 3. The molecule has 0 bridgehead atoms. The predicted octanol–water partition coefficient (Wildman–Crippen LogP) is 8.66. The van der Waals surface area contributed by atoms with E-state index in [9.17, 15) is 14.4 Å². The first-order chi connectivity index (χ1) is 22.8. The van der Waals surface area contributed by atoms with E-state index in [1.807, 2.05) is 36.6 Å². The summed E-state index contributed by atoms with van der Waals surface area (Å²) in [7, 11) is 0. The van der Waals surface area contributed by atoms with Crippen LogP contribution in [-0.2, 0) is 9.59 Å². The van der Waals surface area contributed by atoms with Crippen LogP contribution in [0, 0.1) is 0 Å². The Hall–Kier alpha value is -4.61. The summed E-state index contributed by atoms with van der Waals surface area (Å²) >= 11 is 14.8. The number of amides is 3. The van der Waals surface area contributed by atoms with E-state index in [0.717, 1.165) is 10.5 Å². The Morgan fingerprint density at radius 1 is 0.894 bits per heavy atom. The van der Waals surface area contributed by atoms with Gasteiger partial charge in [-0.3, -0.25) is 14.4 Å². The molecule has 1 heterocycles. The molecule has 0 aliphatic rings. The Kier molecular flexibility index (Phi) is 11.7. The molecule has 4 aromatic carbocycles. The molecular formula is C35H28Cl2N4O4S2. The zero-order chi connectivity index (χ0) is 33.2. The van der Waals surface area contributed by atoms with Gasteiger partial charge in [0.05, 0.1) is 28.1 Å². The Bertz CT molecular complexity index is 1910. The number of carbonyl (C=O) groups excluding carboxylic acids is 3. The van der Waals surface area contributed by atoms with Crippen LogP contribution in [0.25, 0.3) is 17.3 Å². The van der Waals surface area contributed by atoms with E-state index in [0.29, 0.717) is 50.0 Å². The maximum absolute atomic E-state index is 13.4. The van der Waals surface area contributed by atoms with Crippen LogP contribution < -0.4 is 20.7 Å². The summed E-state index contributed by atoms with van der Waals surface area (Å²) in [5.41, 5.74) is 3.10. The summed E-state index contributed by atoms with van der Waals surface area (Å²) in [6, 6.07) is 28.2. The van der Waals surface area contributed by atoms with Gasteiger partial charge in [0.1, 0.15) is 11.4 Å². The molecule has 238 valence electrons. The van der Waals surface area contributed by atoms with E-state index in [1.165, 1.54) is 23.1 Å². The van der Waals surface area contributed by atoms with Gasteiger partial charge in [0.15, 0.2) is 5.13 Å². The molecule has 3 amide bonds. The van der Waals surface area contributed by atoms with Gasteiger partial charge in [0.2, 0.25) is 5.91 Å². The second-order valence-electron chi connectivity index (χ2n) is 9.83. The first-order valence-corrected chi connectivity index (χ1v) is 17.0. The van der Waals surface area contributed by atoms with Crippen LogP contribution >= 0.6 is 46.3 Å². The Labute approximate surface area is 290 Å². The molecule has 0 unspecified atom stereocenters. The van der Waals surface area contributed by atoms with Gasteiger partial charge in [-0.2, -0.15) is 0 Å². The smallest absolute Gasteiger partial charge is 0.272 e. The van der Waals surface area contributed by atoms with E-state index < -0.39 is 11.8 Å². The fourth-order valence-electron chi connectivity index (χ4n) is 4.24. The van der Waals surface area contributed by atoms with Crippen molar-refractivity contribution in [1.29, 1.82) is 0 Å². The van der Waals surface area contributed by atoms with Gasteiger partial charge in [-0.25, -0.2) is 4.98 Å². The highest BCUT2D eigenvalue weighted by Gasteiger charge is 2.17. The van der Waals surface area contributed by atoms with Crippen molar-refractivity contribution in [1.82, 2.24) is 10.3 Å². The number of halogens is 2. The van der Waals surface area contributed by atoms with Crippen molar-refractivity contribution in [3.8, 4) is 17.0 Å². The Morgan fingerprint density at radius 2 is 1.64 bits per heavy atom. The second-order valence-corrected chi connectivity index (χ2v) is 12.6. The number of aromatic nitrogens is 1. The second kappa shape index (κ2) is 16.3. The zero-order valence-corrected chi connectivity index (χ0v) is 28.1. The van der Waals surface area contributed by atoms with Crippen molar-refractivity contribution in [2.75, 3.05) is 23.0 Å². The van der Waals surface area contributed by atoms with Crippen LogP contribution in [-0.4, -0.2) is 35.1 Å². The van der Waals surface area contributed by atoms with Gasteiger partial charge >= 0.3 is 0 Å². The molecule has 0 aliphatic carbocycles. The fraction of sp³-hybridized carbons (Fsp3) is 0.0857. The number of rotatable bonds is 12. The molecule has 0 fully saturated rings. The summed E-state index contributed by atoms with van der Waals surface area (Å²) in [5, 5.41) is 11.6. The van der Waals surface area contributed by atoms with E-state index in [2.05, 4.69) is 20.9 Å². The number of ether oxygens (including phenoxy) is 1. The number of nitrogens with one attached hydrogen (secondary N) is 3. The van der Waals surface area contributed by atoms with Gasteiger partial charge in [-0.1, -0.05) is 65.7 Å². The van der Waals surface area contributed by atoms with E-state index >= 15 is 0 Å². The largest absolute Gasteiger partial charge is 0.493 e. The lowest BCUT2D eigenvalue weighted by atomic mass is 10.1. The van der Waals surface area contributed by atoms with Crippen molar-refractivity contribution < 1.29 is 19.1 Å². The molecule has 47 heavy (non-hydrogen) atoms. The molecule has 0 saturated carbocycles. The number of hydrogen-bond acceptors (Lipinski definition) is 7. The van der Waals surface area contributed by atoms with Crippen molar-refractivity contribution in [3.05, 3.63) is 129 Å². The monoisotopic (exact) mass is 702 g/mol. The quantitative estimate of drug-likeness (QED) is 0.0887. The third-order valence-corrected chi connectivity index (χ3v) is 9.00. The topological polar surface area (TPSA) is 109 Å². The third kappa shape index (κ3) is 9.46. The van der Waals surface area contributed by atoms with Gasteiger partial charge in [-0.05, 0) is 67.6 Å². The molecule has 5 rings (SSSR count). The minimum Gasteiger partial charge on any atom is -0.493 e. The van der Waals surface area contributed by atoms with Crippen LogP contribution in [0.15, 0.2) is 113 Å². The number of hydrogen-bond donors (Lipinski definition) is 3. The van der Waals surface area contributed by atoms with Crippen LogP contribution in [0.4, 0.5) is 10.8 Å². The SMILES string of the molecule is CCOc1ccccc1/C=C(\NC(=O)c1ccccc1)C(=O)Nc1ccc(SCC(=O)Nc2nc(-c3ccc(Cl)c(Cl)c3)cs2)cc1. The lowest BCUT2D eigenvalue weighted by Crippen LogP contribution is -2.30. The molecule has 0 atom stereocenters. The predicted molar refractivity (Wildman–Crippen MR) is 191 cm³/mol. The summed E-state index contributed by atoms with van der Waals surface area (Å²) < 4.78 is 5.71. The van der Waals surface area contributed by atoms with E-state index in [1.54, 1.807) is 78.9 Å². The van der Waals surface area contributed by atoms with Gasteiger partial charge in [-0.15, -0.1) is 23.1 Å². The average Bonchev–Trinajstić information content (AvgIpc) is 3.55. The first kappa shape index (κ1) is 33.7. The maximum Gasteiger partial charge on any atom is 0.272 e. The van der Waals surface area contributed by atoms with Crippen molar-refractivity contribution in [3.63, 3.8) is 0 Å². The number of thiazole rings is 1. The van der Waals surface area contributed by atoms with Crippen molar-refractivity contribution in [2.24, 2.45) is 0 Å². The van der Waals surface area contributed by atoms with Gasteiger partial charge in [0, 0.05) is 32.7 Å². The molecule has 0 radical (unpaired) electrons. The van der Waals surface area contributed by atoms with Crippen LogP contribution in [0.3, 0.4) is 0 Å². The number of benzene rings is 4. The first-order valence-electron chi connectivity index (χ1n) is 14.3. The number of anilines is 2. The van der Waals surface area contributed by atoms with E-state index in [-0.39, 0.29) is 17.4 Å². The summed E-state index contributed by atoms with van der Waals surface area (Å²) in [6.45, 7) is 2.32. The summed E-state index contributed by atoms with van der Waals surface area (Å²) in [6.07, 6.45) is 1.58. The minimum atomic E-state index is -0.510. The molecule has 0 spiro atoms. The normalized spacial score (nSPS) is 11.1. The van der Waals surface area contributed by atoms with Crippen molar-refractivity contribution in [2.45, 2.75) is 11.8 Å². The molecule has 5 aromatic rings. The van der Waals surface area contributed by atoms with Crippen molar-refractivity contribution >= 4 is 80.9 Å². The molecule has 3 N–H and O–H groups in total. The highest BCUT2D eigenvalue weighted by atomic mass is 35.5. The summed E-state index contributed by atoms with van der Waals surface area (Å²) in [4.78, 5) is 44.3. The molecule has 0 aliphatic heterocycles. The molecule has 1 aromatic heterocycles. The highest BCUT2D eigenvalue weighted by Crippen LogP contribution is 2.31. The zero-order valence-electron chi connectivity index (χ0n) is 25.0. The molecular weight excluding hydrogens is 675 g/mol. The molecule has 8 nitrogen and oxygen atoms in total. The number of para-hydroxylation sites is 1. The highest BCUT2D eigenvalue weighted by molar-refractivity contribution is 8.00. The van der Waals surface area contributed by atoms with Crippen LogP contribution in [0.5, 0.6) is 5.75 Å². The minimum absolute atomic E-state index is 0.0469. The Morgan fingerprint density at radius 3 is 2.38 bits per heavy atom. The maximum atomic E-state index is 13.4.